The molecule has 0 bridgehead atoms. The number of hydrogen-bond donors (Lipinski definition) is 0. The van der Waals surface area contributed by atoms with E-state index in [1.807, 2.05) is 4.90 Å². The lowest BCUT2D eigenvalue weighted by Gasteiger charge is -2.35. The van der Waals surface area contributed by atoms with Crippen LogP contribution in [0.15, 0.2) is 61.6 Å². The third kappa shape index (κ3) is 8.47. The summed E-state index contributed by atoms with van der Waals surface area (Å²) in [5.74, 6) is -1.28. The fourth-order valence-corrected chi connectivity index (χ4v) is 5.88. The van der Waals surface area contributed by atoms with Gasteiger partial charge in [-0.1, -0.05) is 0 Å². The van der Waals surface area contributed by atoms with Crippen molar-refractivity contribution in [3.05, 3.63) is 107 Å². The minimum Gasteiger partial charge on any atom is -0.490 e. The van der Waals surface area contributed by atoms with Crippen LogP contribution in [0, 0.1) is 11.6 Å². The van der Waals surface area contributed by atoms with Crippen LogP contribution in [0.4, 0.5) is 33.6 Å². The molecule has 284 valence electrons. The Hall–Kier alpha value is -5.82. The van der Waals surface area contributed by atoms with Gasteiger partial charge in [-0.05, 0) is 42.5 Å². The number of hydrogen-bond acceptors (Lipinski definition) is 10. The Morgan fingerprint density at radius 3 is 1.66 bits per heavy atom. The average molecular weight is 750 g/mol. The lowest BCUT2D eigenvalue weighted by atomic mass is 10.0. The summed E-state index contributed by atoms with van der Waals surface area (Å²) >= 11 is 0. The number of nitrogens with zero attached hydrogens (tertiary/aromatic N) is 9. The lowest BCUT2D eigenvalue weighted by molar-refractivity contribution is -0.138. The van der Waals surface area contributed by atoms with Gasteiger partial charge in [-0.15, -0.1) is 10.2 Å². The average Bonchev–Trinajstić information content (AvgIpc) is 3.13. The van der Waals surface area contributed by atoms with Gasteiger partial charge in [0, 0.05) is 80.3 Å². The minimum absolute atomic E-state index is 0.000316. The van der Waals surface area contributed by atoms with Crippen molar-refractivity contribution in [2.24, 2.45) is 28.2 Å². The van der Waals surface area contributed by atoms with E-state index in [-0.39, 0.29) is 49.7 Å². The van der Waals surface area contributed by atoms with Crippen molar-refractivity contribution in [2.45, 2.75) is 25.1 Å². The fourth-order valence-electron chi connectivity index (χ4n) is 5.88. The van der Waals surface area contributed by atoms with Gasteiger partial charge in [0.2, 0.25) is 11.6 Å². The second-order valence-corrected chi connectivity index (χ2v) is 12.4. The van der Waals surface area contributed by atoms with Gasteiger partial charge >= 0.3 is 17.6 Å². The van der Waals surface area contributed by atoms with E-state index in [4.69, 9.17) is 4.74 Å². The molecule has 2 fully saturated rings. The highest BCUT2D eigenvalue weighted by molar-refractivity contribution is 5.96. The monoisotopic (exact) mass is 749 g/mol. The number of halogens is 5. The predicted octanol–water partition coefficient (Wildman–Crippen LogP) is 1.27. The summed E-state index contributed by atoms with van der Waals surface area (Å²) in [5, 5.41) is 8.03. The van der Waals surface area contributed by atoms with E-state index in [2.05, 4.69) is 10.2 Å². The summed E-state index contributed by atoms with van der Waals surface area (Å²) in [5.41, 5.74) is -4.02. The first-order valence-electron chi connectivity index (χ1n) is 16.3. The van der Waals surface area contributed by atoms with Crippen molar-refractivity contribution >= 4 is 17.5 Å². The van der Waals surface area contributed by atoms with Gasteiger partial charge in [-0.25, -0.2) is 27.7 Å². The van der Waals surface area contributed by atoms with Crippen molar-refractivity contribution in [1.82, 2.24) is 33.6 Å². The third-order valence-electron chi connectivity index (χ3n) is 8.85. The molecule has 4 heterocycles. The van der Waals surface area contributed by atoms with Gasteiger partial charge in [0.1, 0.15) is 23.5 Å². The number of amides is 1. The fraction of sp³-hybridized carbons (Fsp3) is 0.424. The number of piperidine rings is 1. The zero-order valence-electron chi connectivity index (χ0n) is 29.1. The number of aromatic nitrogens is 6. The number of carbonyl (C=O) groups is 1. The molecule has 15 nitrogen and oxygen atoms in total. The number of anilines is 2. The second kappa shape index (κ2) is 15.4. The highest BCUT2D eigenvalue weighted by Crippen LogP contribution is 2.33. The Balaban J connectivity index is 0.000000208. The highest BCUT2D eigenvalue weighted by atomic mass is 19.4. The van der Waals surface area contributed by atoms with Gasteiger partial charge in [-0.3, -0.25) is 23.5 Å². The van der Waals surface area contributed by atoms with Crippen LogP contribution >= 0.6 is 0 Å². The normalized spacial score (nSPS) is 15.2. The molecule has 0 N–H and O–H groups in total. The Kier molecular flexibility index (Phi) is 11.2. The van der Waals surface area contributed by atoms with Crippen LogP contribution in [0.2, 0.25) is 0 Å². The molecular weight excluding hydrogens is 713 g/mol. The number of alkyl halides is 3. The summed E-state index contributed by atoms with van der Waals surface area (Å²) in [7, 11) is 5.65. The number of aryl methyl sites for hydroxylation is 2. The largest absolute Gasteiger partial charge is 0.490 e. The Morgan fingerprint density at radius 1 is 0.698 bits per heavy atom. The van der Waals surface area contributed by atoms with Gasteiger partial charge in [-0.2, -0.15) is 13.2 Å². The molecule has 2 aromatic heterocycles. The smallest absolute Gasteiger partial charge is 0.417 e. The van der Waals surface area contributed by atoms with E-state index in [1.165, 1.54) is 40.3 Å². The molecule has 0 saturated carbocycles. The summed E-state index contributed by atoms with van der Waals surface area (Å²) < 4.78 is 75.8. The Morgan fingerprint density at radius 2 is 1.17 bits per heavy atom. The first kappa shape index (κ1) is 38.4. The van der Waals surface area contributed by atoms with Crippen LogP contribution in [0.5, 0.6) is 5.75 Å². The molecule has 0 aliphatic carbocycles. The highest BCUT2D eigenvalue weighted by Gasteiger charge is 2.37. The Labute approximate surface area is 297 Å². The van der Waals surface area contributed by atoms with Crippen LogP contribution in [-0.2, 0) is 34.4 Å². The quantitative estimate of drug-likeness (QED) is 0.273. The zero-order chi connectivity index (χ0) is 38.8. The number of rotatable bonds is 5. The van der Waals surface area contributed by atoms with Gasteiger partial charge in [0.05, 0.1) is 11.1 Å². The standard InChI is InChI=1S/C17H17F4N5O3.C16H19FN4O3/c1-23-15(28)13(22-24(2)16(23)29)25-5-7-26(8-6-25)14(27)11-9-10(18)3-4-12(11)17(19,20)21;1-19-15(22)14(18-20(2)16(19)23)21-9-7-13(8-10-21)24-12-5-3-11(17)4-6-12/h3-4,9H,5-8H2,1-2H3;3-6,13H,7-10H2,1-2H3. The third-order valence-corrected chi connectivity index (χ3v) is 8.85. The van der Waals surface area contributed by atoms with Gasteiger partial charge < -0.3 is 19.4 Å². The molecule has 0 unspecified atom stereocenters. The van der Waals surface area contributed by atoms with Crippen LogP contribution in [-0.4, -0.2) is 84.9 Å². The van der Waals surface area contributed by atoms with Crippen molar-refractivity contribution in [3.63, 3.8) is 0 Å². The van der Waals surface area contributed by atoms with Crippen molar-refractivity contribution in [1.29, 1.82) is 0 Å². The second-order valence-electron chi connectivity index (χ2n) is 12.4. The summed E-state index contributed by atoms with van der Waals surface area (Å²) in [6, 6.07) is 7.69. The number of carbonyl (C=O) groups excluding carboxylic acids is 1. The minimum atomic E-state index is -4.80. The van der Waals surface area contributed by atoms with E-state index >= 15 is 0 Å². The zero-order valence-corrected chi connectivity index (χ0v) is 29.1. The summed E-state index contributed by atoms with van der Waals surface area (Å²) in [6.07, 6.45) is -3.37. The molecule has 2 aromatic carbocycles. The Bertz CT molecular complexity index is 2220. The predicted molar refractivity (Wildman–Crippen MR) is 181 cm³/mol. The van der Waals surface area contributed by atoms with Crippen LogP contribution in [0.1, 0.15) is 28.8 Å². The van der Waals surface area contributed by atoms with E-state index in [1.54, 1.807) is 17.0 Å². The molecule has 2 saturated heterocycles. The molecule has 6 rings (SSSR count). The molecule has 0 atom stereocenters. The topological polar surface area (TPSA) is 150 Å². The van der Waals surface area contributed by atoms with Crippen molar-refractivity contribution < 1.29 is 31.5 Å². The number of ether oxygens (including phenoxy) is 1. The summed E-state index contributed by atoms with van der Waals surface area (Å²) in [6.45, 7) is 1.44. The molecule has 53 heavy (non-hydrogen) atoms. The molecular formula is C33H36F5N9O6. The number of piperazine rings is 1. The van der Waals surface area contributed by atoms with Crippen molar-refractivity contribution in [2.75, 3.05) is 49.1 Å². The molecule has 20 heteroatoms. The van der Waals surface area contributed by atoms with Crippen molar-refractivity contribution in [3.8, 4) is 5.75 Å². The van der Waals surface area contributed by atoms with Crippen LogP contribution < -0.4 is 37.0 Å². The lowest BCUT2D eigenvalue weighted by Crippen LogP contribution is -2.52. The molecule has 2 aliphatic rings. The first-order chi connectivity index (χ1) is 25.0. The van der Waals surface area contributed by atoms with E-state index in [9.17, 15) is 45.9 Å². The molecule has 1 amide bonds. The van der Waals surface area contributed by atoms with E-state index in [0.717, 1.165) is 23.4 Å². The van der Waals surface area contributed by atoms with Crippen LogP contribution in [0.3, 0.4) is 0 Å². The first-order valence-corrected chi connectivity index (χ1v) is 16.3. The SMILES string of the molecule is Cn1nc(N2CCC(Oc3ccc(F)cc3)CC2)c(=O)n(C)c1=O.Cn1nc(N2CCN(C(=O)c3cc(F)ccc3C(F)(F)F)CC2)c(=O)n(C)c1=O. The van der Waals surface area contributed by atoms with Gasteiger partial charge in [0.15, 0.2) is 0 Å². The van der Waals surface area contributed by atoms with E-state index < -0.39 is 51.5 Å². The summed E-state index contributed by atoms with van der Waals surface area (Å²) in [4.78, 5) is 65.1. The molecule has 0 radical (unpaired) electrons. The van der Waals surface area contributed by atoms with Crippen LogP contribution in [0.25, 0.3) is 0 Å². The van der Waals surface area contributed by atoms with Gasteiger partial charge in [0.25, 0.3) is 17.0 Å². The molecule has 2 aliphatic heterocycles. The number of benzene rings is 2. The maximum absolute atomic E-state index is 13.5. The maximum atomic E-state index is 13.5. The maximum Gasteiger partial charge on any atom is 0.417 e. The van der Waals surface area contributed by atoms with E-state index in [0.29, 0.717) is 49.9 Å². The molecule has 4 aromatic rings. The molecule has 0 spiro atoms.